The van der Waals surface area contributed by atoms with Crippen LogP contribution in [0.25, 0.3) is 10.8 Å². The molecule has 1 amide bonds. The number of hydrogen-bond donors (Lipinski definition) is 1. The molecule has 0 aliphatic carbocycles. The van der Waals surface area contributed by atoms with Gasteiger partial charge in [-0.25, -0.2) is 4.98 Å². The van der Waals surface area contributed by atoms with Crippen LogP contribution in [0.5, 0.6) is 0 Å². The van der Waals surface area contributed by atoms with Gasteiger partial charge in [-0.1, -0.05) is 11.6 Å². The second-order valence-electron chi connectivity index (χ2n) is 4.45. The molecular formula is C14H10ClN3O3S. The van der Waals surface area contributed by atoms with Crippen LogP contribution in [0, 0.1) is 0 Å². The molecule has 0 aromatic carbocycles. The summed E-state index contributed by atoms with van der Waals surface area (Å²) in [5, 5.41) is 3.34. The Balaban J connectivity index is 1.82. The summed E-state index contributed by atoms with van der Waals surface area (Å²) in [6, 6.07) is 4.94. The number of furan rings is 1. The zero-order valence-electron chi connectivity index (χ0n) is 11.4. The van der Waals surface area contributed by atoms with Crippen LogP contribution in [-0.2, 0) is 7.05 Å². The fourth-order valence-corrected chi connectivity index (χ4v) is 2.86. The van der Waals surface area contributed by atoms with Crippen LogP contribution >= 0.6 is 22.9 Å². The van der Waals surface area contributed by atoms with Gasteiger partial charge in [-0.2, -0.15) is 0 Å². The van der Waals surface area contributed by atoms with Crippen molar-refractivity contribution in [3.05, 3.63) is 57.1 Å². The summed E-state index contributed by atoms with van der Waals surface area (Å²) in [7, 11) is 1.56. The summed E-state index contributed by atoms with van der Waals surface area (Å²) in [6.07, 6.45) is 4.52. The standard InChI is InChI=1S/C14H10ClN3O3S/c1-18-7-8(5-9(15)14(18)20)17-12(19)11-6-16-13(22-11)10-3-2-4-21-10/h2-7H,1H3,(H,17,19). The molecule has 0 radical (unpaired) electrons. The molecule has 1 N–H and O–H groups in total. The Labute approximate surface area is 134 Å². The maximum Gasteiger partial charge on any atom is 0.269 e. The molecule has 0 aliphatic heterocycles. The van der Waals surface area contributed by atoms with E-state index in [0.717, 1.165) is 0 Å². The highest BCUT2D eigenvalue weighted by molar-refractivity contribution is 7.17. The van der Waals surface area contributed by atoms with Crippen molar-refractivity contribution in [3.8, 4) is 10.8 Å². The molecule has 6 nitrogen and oxygen atoms in total. The van der Waals surface area contributed by atoms with Gasteiger partial charge in [0.1, 0.15) is 9.90 Å². The summed E-state index contributed by atoms with van der Waals surface area (Å²) in [5.41, 5.74) is 0.114. The zero-order chi connectivity index (χ0) is 15.7. The predicted octanol–water partition coefficient (Wildman–Crippen LogP) is 3.01. The van der Waals surface area contributed by atoms with Gasteiger partial charge in [-0.15, -0.1) is 11.3 Å². The molecule has 22 heavy (non-hydrogen) atoms. The Hall–Kier alpha value is -2.38. The highest BCUT2D eigenvalue weighted by Gasteiger charge is 2.14. The number of thiazole rings is 1. The van der Waals surface area contributed by atoms with E-state index in [1.165, 1.54) is 34.4 Å². The number of carbonyl (C=O) groups excluding carboxylic acids is 1. The average Bonchev–Trinajstić information content (AvgIpc) is 3.15. The number of hydrogen-bond acceptors (Lipinski definition) is 5. The summed E-state index contributed by atoms with van der Waals surface area (Å²) in [6.45, 7) is 0. The first-order valence-corrected chi connectivity index (χ1v) is 7.41. The molecule has 0 saturated carbocycles. The minimum absolute atomic E-state index is 0.0425. The van der Waals surface area contributed by atoms with Gasteiger partial charge in [0.15, 0.2) is 10.8 Å². The van der Waals surface area contributed by atoms with Gasteiger partial charge in [-0.3, -0.25) is 9.59 Å². The minimum atomic E-state index is -0.329. The molecule has 112 valence electrons. The number of pyridine rings is 1. The first-order chi connectivity index (χ1) is 10.5. The van der Waals surface area contributed by atoms with Crippen molar-refractivity contribution in [2.24, 2.45) is 7.05 Å². The first kappa shape index (κ1) is 14.6. The summed E-state index contributed by atoms with van der Waals surface area (Å²) < 4.78 is 6.54. The van der Waals surface area contributed by atoms with Crippen LogP contribution in [0.2, 0.25) is 5.02 Å². The number of carbonyl (C=O) groups is 1. The van der Waals surface area contributed by atoms with Crippen LogP contribution in [0.15, 0.2) is 46.1 Å². The van der Waals surface area contributed by atoms with Crippen LogP contribution in [0.1, 0.15) is 9.67 Å². The topological polar surface area (TPSA) is 77.1 Å². The highest BCUT2D eigenvalue weighted by atomic mass is 35.5. The van der Waals surface area contributed by atoms with E-state index in [0.29, 0.717) is 21.3 Å². The van der Waals surface area contributed by atoms with Crippen molar-refractivity contribution in [1.82, 2.24) is 9.55 Å². The Morgan fingerprint density at radius 2 is 2.32 bits per heavy atom. The number of amides is 1. The fraction of sp³-hybridized carbons (Fsp3) is 0.0714. The van der Waals surface area contributed by atoms with Crippen LogP contribution in [-0.4, -0.2) is 15.5 Å². The number of halogens is 1. The van der Waals surface area contributed by atoms with Crippen molar-refractivity contribution in [1.29, 1.82) is 0 Å². The van der Waals surface area contributed by atoms with E-state index in [9.17, 15) is 9.59 Å². The molecule has 3 heterocycles. The highest BCUT2D eigenvalue weighted by Crippen LogP contribution is 2.26. The average molecular weight is 336 g/mol. The van der Waals surface area contributed by atoms with Gasteiger partial charge < -0.3 is 14.3 Å². The van der Waals surface area contributed by atoms with Crippen molar-refractivity contribution in [3.63, 3.8) is 0 Å². The molecule has 0 atom stereocenters. The van der Waals surface area contributed by atoms with Crippen molar-refractivity contribution >= 4 is 34.5 Å². The third kappa shape index (κ3) is 2.81. The lowest BCUT2D eigenvalue weighted by Crippen LogP contribution is -2.19. The fourth-order valence-electron chi connectivity index (χ4n) is 1.83. The van der Waals surface area contributed by atoms with Gasteiger partial charge in [0.2, 0.25) is 0 Å². The number of rotatable bonds is 3. The number of anilines is 1. The van der Waals surface area contributed by atoms with Crippen LogP contribution < -0.4 is 10.9 Å². The number of aryl methyl sites for hydroxylation is 1. The first-order valence-electron chi connectivity index (χ1n) is 6.22. The van der Waals surface area contributed by atoms with Crippen LogP contribution in [0.4, 0.5) is 5.69 Å². The SMILES string of the molecule is Cn1cc(NC(=O)c2cnc(-c3ccco3)s2)cc(Cl)c1=O. The van der Waals surface area contributed by atoms with E-state index < -0.39 is 0 Å². The number of aromatic nitrogens is 2. The third-order valence-corrected chi connectivity index (χ3v) is 4.14. The summed E-state index contributed by atoms with van der Waals surface area (Å²) in [4.78, 5) is 28.3. The van der Waals surface area contributed by atoms with E-state index >= 15 is 0 Å². The smallest absolute Gasteiger partial charge is 0.269 e. The number of nitrogens with zero attached hydrogens (tertiary/aromatic N) is 2. The van der Waals surface area contributed by atoms with Gasteiger partial charge in [0, 0.05) is 13.2 Å². The summed E-state index contributed by atoms with van der Waals surface area (Å²) >= 11 is 7.02. The van der Waals surface area contributed by atoms with E-state index in [-0.39, 0.29) is 16.5 Å². The monoisotopic (exact) mass is 335 g/mol. The lowest BCUT2D eigenvalue weighted by Gasteiger charge is -2.06. The molecule has 8 heteroatoms. The second-order valence-corrected chi connectivity index (χ2v) is 5.89. The maximum absolute atomic E-state index is 12.2. The molecule has 0 bridgehead atoms. The van der Waals surface area contributed by atoms with E-state index in [4.69, 9.17) is 16.0 Å². The van der Waals surface area contributed by atoms with E-state index in [1.807, 2.05) is 0 Å². The van der Waals surface area contributed by atoms with Crippen molar-refractivity contribution < 1.29 is 9.21 Å². The minimum Gasteiger partial charge on any atom is -0.462 e. The quantitative estimate of drug-likeness (QED) is 0.798. The largest absolute Gasteiger partial charge is 0.462 e. The molecule has 0 aliphatic rings. The number of nitrogens with one attached hydrogen (secondary N) is 1. The maximum atomic E-state index is 12.2. The Kier molecular flexibility index (Phi) is 3.82. The van der Waals surface area contributed by atoms with Gasteiger partial charge in [0.05, 0.1) is 18.1 Å². The van der Waals surface area contributed by atoms with Gasteiger partial charge >= 0.3 is 0 Å². The summed E-state index contributed by atoms with van der Waals surface area (Å²) in [5.74, 6) is 0.277. The van der Waals surface area contributed by atoms with Crippen LogP contribution in [0.3, 0.4) is 0 Å². The molecule has 0 unspecified atom stereocenters. The predicted molar refractivity (Wildman–Crippen MR) is 84.5 cm³/mol. The molecule has 0 spiro atoms. The van der Waals surface area contributed by atoms with E-state index in [2.05, 4.69) is 10.3 Å². The third-order valence-electron chi connectivity index (χ3n) is 2.86. The Morgan fingerprint density at radius 3 is 3.00 bits per heavy atom. The van der Waals surface area contributed by atoms with Crippen molar-refractivity contribution in [2.45, 2.75) is 0 Å². The lowest BCUT2D eigenvalue weighted by molar-refractivity contribution is 0.103. The normalized spacial score (nSPS) is 10.6. The second kappa shape index (κ2) is 5.78. The Bertz CT molecular complexity index is 857. The van der Waals surface area contributed by atoms with Gasteiger partial charge in [-0.05, 0) is 18.2 Å². The lowest BCUT2D eigenvalue weighted by atomic mass is 10.4. The Morgan fingerprint density at radius 1 is 1.50 bits per heavy atom. The molecule has 3 aromatic heterocycles. The molecule has 3 aromatic rings. The molecule has 3 rings (SSSR count). The zero-order valence-corrected chi connectivity index (χ0v) is 12.9. The molecule has 0 saturated heterocycles. The van der Waals surface area contributed by atoms with E-state index in [1.54, 1.807) is 25.4 Å². The van der Waals surface area contributed by atoms with Crippen molar-refractivity contribution in [2.75, 3.05) is 5.32 Å². The van der Waals surface area contributed by atoms with Gasteiger partial charge in [0.25, 0.3) is 11.5 Å². The molecular weight excluding hydrogens is 326 g/mol. The molecule has 0 fully saturated rings.